The normalized spacial score (nSPS) is 11.4. The van der Waals surface area contributed by atoms with Gasteiger partial charge in [-0.25, -0.2) is 9.48 Å². The van der Waals surface area contributed by atoms with Crippen molar-refractivity contribution in [2.45, 2.75) is 13.5 Å². The summed E-state index contributed by atoms with van der Waals surface area (Å²) < 4.78 is 6.49. The molecule has 0 amide bonds. The number of methoxy groups -OCH3 is 1. The topological polar surface area (TPSA) is 56.1 Å². The van der Waals surface area contributed by atoms with Gasteiger partial charge >= 0.3 is 5.97 Å². The maximum absolute atomic E-state index is 11.3. The molecule has 0 saturated carbocycles. The Kier molecular flexibility index (Phi) is 5.29. The van der Waals surface area contributed by atoms with Crippen LogP contribution >= 0.6 is 0 Å². The van der Waals surface area contributed by atoms with Gasteiger partial charge in [0.1, 0.15) is 0 Å². The number of nitrogens with zero attached hydrogens (tertiary/aromatic N) is 2. The first-order chi connectivity index (χ1) is 10.2. The van der Waals surface area contributed by atoms with Gasteiger partial charge in [0.05, 0.1) is 12.8 Å². The zero-order chi connectivity index (χ0) is 15.1. The Morgan fingerprint density at radius 3 is 2.90 bits per heavy atom. The minimum Gasteiger partial charge on any atom is -0.466 e. The maximum Gasteiger partial charge on any atom is 0.333 e. The molecule has 0 atom stereocenters. The fraction of sp³-hybridized carbons (Fsp3) is 0.250. The second-order valence-electron chi connectivity index (χ2n) is 4.59. The van der Waals surface area contributed by atoms with Crippen LogP contribution in [0.15, 0.2) is 54.4 Å². The summed E-state index contributed by atoms with van der Waals surface area (Å²) in [4.78, 5) is 11.3. The van der Waals surface area contributed by atoms with Gasteiger partial charge in [-0.2, -0.15) is 5.10 Å². The predicted molar refractivity (Wildman–Crippen MR) is 81.0 cm³/mol. The Balaban J connectivity index is 1.97. The monoisotopic (exact) mass is 285 g/mol. The van der Waals surface area contributed by atoms with Crippen molar-refractivity contribution < 1.29 is 9.53 Å². The highest BCUT2D eigenvalue weighted by Crippen LogP contribution is 2.12. The molecule has 1 aromatic carbocycles. The summed E-state index contributed by atoms with van der Waals surface area (Å²) in [5, 5.41) is 7.54. The van der Waals surface area contributed by atoms with E-state index in [0.717, 1.165) is 11.3 Å². The molecule has 5 heteroatoms. The summed E-state index contributed by atoms with van der Waals surface area (Å²) in [6.07, 6.45) is 5.50. The summed E-state index contributed by atoms with van der Waals surface area (Å²) in [5.41, 5.74) is 2.79. The lowest BCUT2D eigenvalue weighted by Crippen LogP contribution is -2.16. The van der Waals surface area contributed by atoms with E-state index in [1.54, 1.807) is 13.1 Å². The first kappa shape index (κ1) is 15.0. The number of hydrogen-bond acceptors (Lipinski definition) is 4. The Bertz CT molecular complexity index is 618. The van der Waals surface area contributed by atoms with E-state index >= 15 is 0 Å². The fourth-order valence-corrected chi connectivity index (χ4v) is 1.97. The van der Waals surface area contributed by atoms with E-state index in [1.165, 1.54) is 7.11 Å². The Labute approximate surface area is 124 Å². The number of nitrogens with one attached hydrogen (secondary N) is 1. The standard InChI is InChI=1S/C16H19N3O2/c1-13(16(20)21-2)8-10-17-12-14-6-3-4-7-15(14)19-11-5-9-18-19/h3-9,11,17H,10,12H2,1-2H3/b13-8+. The SMILES string of the molecule is COC(=O)/C(C)=C/CNCc1ccccc1-n1cccn1. The van der Waals surface area contributed by atoms with Gasteiger partial charge in [-0.15, -0.1) is 0 Å². The van der Waals surface area contributed by atoms with Crippen LogP contribution in [0.25, 0.3) is 5.69 Å². The number of aromatic nitrogens is 2. The van der Waals surface area contributed by atoms with E-state index in [2.05, 4.69) is 21.2 Å². The molecule has 110 valence electrons. The molecule has 21 heavy (non-hydrogen) atoms. The molecule has 5 nitrogen and oxygen atoms in total. The van der Waals surface area contributed by atoms with Crippen LogP contribution in [0, 0.1) is 0 Å². The molecule has 1 N–H and O–H groups in total. The van der Waals surface area contributed by atoms with E-state index < -0.39 is 0 Å². The minimum absolute atomic E-state index is 0.297. The van der Waals surface area contributed by atoms with Crippen LogP contribution in [0.3, 0.4) is 0 Å². The van der Waals surface area contributed by atoms with Crippen LogP contribution in [-0.4, -0.2) is 29.4 Å². The number of carbonyl (C=O) groups excluding carboxylic acids is 1. The van der Waals surface area contributed by atoms with E-state index in [-0.39, 0.29) is 5.97 Å². The third-order valence-electron chi connectivity index (χ3n) is 3.12. The van der Waals surface area contributed by atoms with Crippen LogP contribution in [0.2, 0.25) is 0 Å². The van der Waals surface area contributed by atoms with E-state index in [4.69, 9.17) is 0 Å². The Morgan fingerprint density at radius 1 is 1.38 bits per heavy atom. The molecule has 1 aromatic heterocycles. The largest absolute Gasteiger partial charge is 0.466 e. The molecule has 0 radical (unpaired) electrons. The summed E-state index contributed by atoms with van der Waals surface area (Å²) in [5.74, 6) is -0.297. The lowest BCUT2D eigenvalue weighted by Gasteiger charge is -2.10. The van der Waals surface area contributed by atoms with Crippen molar-refractivity contribution in [1.29, 1.82) is 0 Å². The van der Waals surface area contributed by atoms with E-state index in [1.807, 2.05) is 41.2 Å². The van der Waals surface area contributed by atoms with Gasteiger partial charge in [0.25, 0.3) is 0 Å². The van der Waals surface area contributed by atoms with Crippen LogP contribution in [-0.2, 0) is 16.1 Å². The number of esters is 1. The van der Waals surface area contributed by atoms with Crippen molar-refractivity contribution in [2.75, 3.05) is 13.7 Å². The molecule has 2 rings (SSSR count). The second kappa shape index (κ2) is 7.40. The molecule has 0 aliphatic rings. The number of benzene rings is 1. The zero-order valence-corrected chi connectivity index (χ0v) is 12.2. The van der Waals surface area contributed by atoms with E-state index in [0.29, 0.717) is 18.7 Å². The molecular formula is C16H19N3O2. The lowest BCUT2D eigenvalue weighted by molar-refractivity contribution is -0.136. The highest BCUT2D eigenvalue weighted by atomic mass is 16.5. The molecule has 0 unspecified atom stereocenters. The molecule has 0 saturated heterocycles. The second-order valence-corrected chi connectivity index (χ2v) is 4.59. The Hall–Kier alpha value is -2.40. The number of ether oxygens (including phenoxy) is 1. The zero-order valence-electron chi connectivity index (χ0n) is 12.2. The number of rotatable bonds is 6. The minimum atomic E-state index is -0.297. The molecule has 0 fully saturated rings. The Morgan fingerprint density at radius 2 is 2.19 bits per heavy atom. The third-order valence-corrected chi connectivity index (χ3v) is 3.12. The summed E-state index contributed by atoms with van der Waals surface area (Å²) in [7, 11) is 1.38. The molecule has 0 aliphatic carbocycles. The van der Waals surface area contributed by atoms with Gasteiger partial charge < -0.3 is 10.1 Å². The number of carbonyl (C=O) groups is 1. The molecule has 0 aliphatic heterocycles. The van der Waals surface area contributed by atoms with Gasteiger partial charge in [0, 0.05) is 31.1 Å². The lowest BCUT2D eigenvalue weighted by atomic mass is 10.1. The van der Waals surface area contributed by atoms with Crippen LogP contribution in [0.1, 0.15) is 12.5 Å². The summed E-state index contributed by atoms with van der Waals surface area (Å²) in [6, 6.07) is 9.97. The highest BCUT2D eigenvalue weighted by Gasteiger charge is 2.04. The van der Waals surface area contributed by atoms with Crippen molar-refractivity contribution in [3.8, 4) is 5.69 Å². The number of hydrogen-bond donors (Lipinski definition) is 1. The van der Waals surface area contributed by atoms with Gasteiger partial charge in [-0.3, -0.25) is 0 Å². The van der Waals surface area contributed by atoms with E-state index in [9.17, 15) is 4.79 Å². The molecule has 1 heterocycles. The summed E-state index contributed by atoms with van der Waals surface area (Å²) in [6.45, 7) is 3.04. The predicted octanol–water partition coefficient (Wildman–Crippen LogP) is 2.08. The fourth-order valence-electron chi connectivity index (χ4n) is 1.97. The van der Waals surface area contributed by atoms with Gasteiger partial charge in [0.15, 0.2) is 0 Å². The summed E-state index contributed by atoms with van der Waals surface area (Å²) >= 11 is 0. The molecular weight excluding hydrogens is 266 g/mol. The van der Waals surface area contributed by atoms with Gasteiger partial charge in [0.2, 0.25) is 0 Å². The smallest absolute Gasteiger partial charge is 0.333 e. The van der Waals surface area contributed by atoms with Crippen LogP contribution in [0.5, 0.6) is 0 Å². The molecule has 0 bridgehead atoms. The molecule has 2 aromatic rings. The highest BCUT2D eigenvalue weighted by molar-refractivity contribution is 5.87. The van der Waals surface area contributed by atoms with Crippen molar-refractivity contribution in [3.63, 3.8) is 0 Å². The van der Waals surface area contributed by atoms with Crippen molar-refractivity contribution in [3.05, 3.63) is 59.9 Å². The van der Waals surface area contributed by atoms with Gasteiger partial charge in [-0.1, -0.05) is 24.3 Å². The first-order valence-electron chi connectivity index (χ1n) is 6.76. The van der Waals surface area contributed by atoms with Crippen molar-refractivity contribution >= 4 is 5.97 Å². The van der Waals surface area contributed by atoms with Gasteiger partial charge in [-0.05, 0) is 24.6 Å². The average molecular weight is 285 g/mol. The third kappa shape index (κ3) is 4.03. The number of para-hydroxylation sites is 1. The van der Waals surface area contributed by atoms with Crippen LogP contribution in [0.4, 0.5) is 0 Å². The van der Waals surface area contributed by atoms with Crippen LogP contribution < -0.4 is 5.32 Å². The first-order valence-corrected chi connectivity index (χ1v) is 6.76. The quantitative estimate of drug-likeness (QED) is 0.501. The van der Waals surface area contributed by atoms with Crippen molar-refractivity contribution in [1.82, 2.24) is 15.1 Å². The average Bonchev–Trinajstić information content (AvgIpc) is 3.05. The van der Waals surface area contributed by atoms with Crippen molar-refractivity contribution in [2.24, 2.45) is 0 Å². The molecule has 0 spiro atoms. The maximum atomic E-state index is 11.3.